The van der Waals surface area contributed by atoms with E-state index in [1.54, 1.807) is 7.05 Å². The molecule has 0 aromatic heterocycles. The molecule has 7 nitrogen and oxygen atoms in total. The third-order valence-corrected chi connectivity index (χ3v) is 7.40. The molecule has 1 N–H and O–H groups in total. The first-order valence-electron chi connectivity index (χ1n) is 10.7. The van der Waals surface area contributed by atoms with Crippen LogP contribution in [0.25, 0.3) is 0 Å². The van der Waals surface area contributed by atoms with Crippen molar-refractivity contribution >= 4 is 46.6 Å². The molecule has 0 bridgehead atoms. The Balaban J connectivity index is 0.00000420. The largest absolute Gasteiger partial charge is 0.355 e. The van der Waals surface area contributed by atoms with Crippen LogP contribution in [0.15, 0.2) is 4.99 Å². The normalized spacial score (nSPS) is 20.6. The van der Waals surface area contributed by atoms with Gasteiger partial charge in [0, 0.05) is 74.2 Å². The van der Waals surface area contributed by atoms with Gasteiger partial charge in [-0.2, -0.15) is 0 Å². The van der Waals surface area contributed by atoms with Gasteiger partial charge in [-0.25, -0.2) is 0 Å². The van der Waals surface area contributed by atoms with Gasteiger partial charge < -0.3 is 15.1 Å². The third-order valence-electron chi connectivity index (χ3n) is 5.45. The van der Waals surface area contributed by atoms with Crippen molar-refractivity contribution in [3.63, 3.8) is 0 Å². The second kappa shape index (κ2) is 13.1. The number of rotatable bonds is 5. The lowest BCUT2D eigenvalue weighted by atomic mass is 10.2. The number of halogens is 1. The Morgan fingerprint density at radius 1 is 0.966 bits per heavy atom. The number of likely N-dealkylation sites (tertiary alicyclic amines) is 1. The average Bonchev–Trinajstić information content (AvgIpc) is 2.95. The van der Waals surface area contributed by atoms with Crippen molar-refractivity contribution in [2.24, 2.45) is 4.99 Å². The number of nitrogens with one attached hydrogen (secondary N) is 1. The van der Waals surface area contributed by atoms with Gasteiger partial charge >= 0.3 is 0 Å². The quantitative estimate of drug-likeness (QED) is 0.327. The number of amides is 1. The van der Waals surface area contributed by atoms with Gasteiger partial charge in [0.25, 0.3) is 0 Å². The summed E-state index contributed by atoms with van der Waals surface area (Å²) in [5, 5.41) is 3.35. The first-order chi connectivity index (χ1) is 13.3. The van der Waals surface area contributed by atoms with Crippen LogP contribution >= 0.6 is 24.0 Å². The smallest absolute Gasteiger partial charge is 0.236 e. The summed E-state index contributed by atoms with van der Waals surface area (Å²) in [7, 11) is 0.927. The van der Waals surface area contributed by atoms with Gasteiger partial charge in [-0.15, -0.1) is 24.0 Å². The highest BCUT2D eigenvalue weighted by Gasteiger charge is 2.24. The lowest BCUT2D eigenvalue weighted by Crippen LogP contribution is -2.54. The van der Waals surface area contributed by atoms with E-state index in [-0.39, 0.29) is 34.6 Å². The molecule has 170 valence electrons. The van der Waals surface area contributed by atoms with Gasteiger partial charge in [0.1, 0.15) is 0 Å². The van der Waals surface area contributed by atoms with E-state index in [0.29, 0.717) is 18.8 Å². The van der Waals surface area contributed by atoms with Gasteiger partial charge in [0.05, 0.1) is 6.54 Å². The zero-order valence-electron chi connectivity index (χ0n) is 18.6. The molecule has 0 aromatic rings. The minimum Gasteiger partial charge on any atom is -0.355 e. The Hall–Kier alpha value is -0.420. The number of nitrogens with zero attached hydrogens (tertiary/aromatic N) is 4. The molecule has 2 saturated heterocycles. The SMILES string of the molecule is CN=C(NCCS(=O)C(C)(C)C)N1CCN(CC(=O)N2CCCCCC2)CC1.I. The number of hydrogen-bond donors (Lipinski definition) is 1. The Morgan fingerprint density at radius 3 is 2.07 bits per heavy atom. The Labute approximate surface area is 196 Å². The molecule has 29 heavy (non-hydrogen) atoms. The number of guanidine groups is 1. The van der Waals surface area contributed by atoms with Crippen LogP contribution in [-0.4, -0.2) is 101 Å². The van der Waals surface area contributed by atoms with Crippen molar-refractivity contribution in [2.45, 2.75) is 51.2 Å². The monoisotopic (exact) mass is 541 g/mol. The van der Waals surface area contributed by atoms with Crippen LogP contribution in [0, 0.1) is 0 Å². The fraction of sp³-hybridized carbons (Fsp3) is 0.900. The van der Waals surface area contributed by atoms with E-state index in [1.807, 2.05) is 20.8 Å². The van der Waals surface area contributed by atoms with Gasteiger partial charge in [0.15, 0.2) is 5.96 Å². The van der Waals surface area contributed by atoms with Gasteiger partial charge in [-0.05, 0) is 33.6 Å². The zero-order chi connectivity index (χ0) is 20.6. The second-order valence-corrected chi connectivity index (χ2v) is 11.0. The van der Waals surface area contributed by atoms with Crippen LogP contribution in [0.4, 0.5) is 0 Å². The molecule has 0 aromatic carbocycles. The van der Waals surface area contributed by atoms with E-state index < -0.39 is 10.8 Å². The van der Waals surface area contributed by atoms with E-state index in [0.717, 1.165) is 58.1 Å². The molecular weight excluding hydrogens is 501 g/mol. The molecule has 1 unspecified atom stereocenters. The molecule has 1 atom stereocenters. The number of carbonyl (C=O) groups excluding carboxylic acids is 1. The molecule has 2 heterocycles. The van der Waals surface area contributed by atoms with Gasteiger partial charge in [0.2, 0.25) is 5.91 Å². The highest BCUT2D eigenvalue weighted by atomic mass is 127. The highest BCUT2D eigenvalue weighted by molar-refractivity contribution is 14.0. The van der Waals surface area contributed by atoms with Crippen LogP contribution in [0.2, 0.25) is 0 Å². The molecule has 9 heteroatoms. The molecule has 0 spiro atoms. The maximum atomic E-state index is 12.6. The van der Waals surface area contributed by atoms with Crippen molar-refractivity contribution in [1.82, 2.24) is 20.0 Å². The summed E-state index contributed by atoms with van der Waals surface area (Å²) < 4.78 is 12.0. The minimum atomic E-state index is -0.863. The summed E-state index contributed by atoms with van der Waals surface area (Å²) in [5.41, 5.74) is 0. The van der Waals surface area contributed by atoms with Crippen molar-refractivity contribution in [3.8, 4) is 0 Å². The number of piperazine rings is 1. The summed E-state index contributed by atoms with van der Waals surface area (Å²) in [6.45, 7) is 12.5. The summed E-state index contributed by atoms with van der Waals surface area (Å²) in [4.78, 5) is 23.5. The molecular formula is C20H40IN5O2S. The summed E-state index contributed by atoms with van der Waals surface area (Å²) >= 11 is 0. The molecule has 2 fully saturated rings. The average molecular weight is 542 g/mol. The summed E-state index contributed by atoms with van der Waals surface area (Å²) in [6.07, 6.45) is 4.78. The predicted molar refractivity (Wildman–Crippen MR) is 133 cm³/mol. The number of aliphatic imine (C=N–C) groups is 1. The third kappa shape index (κ3) is 9.08. The van der Waals surface area contributed by atoms with Crippen LogP contribution in [-0.2, 0) is 15.6 Å². The zero-order valence-corrected chi connectivity index (χ0v) is 21.8. The van der Waals surface area contributed by atoms with Crippen LogP contribution in [0.5, 0.6) is 0 Å². The molecule has 0 radical (unpaired) electrons. The number of hydrogen-bond acceptors (Lipinski definition) is 4. The van der Waals surface area contributed by atoms with Gasteiger partial charge in [-0.3, -0.25) is 18.9 Å². The molecule has 0 saturated carbocycles. The fourth-order valence-electron chi connectivity index (χ4n) is 3.62. The standard InChI is InChI=1S/C20H39N5O2S.HI/c1-20(2,3)28(27)16-9-22-19(21-4)25-14-12-23(13-15-25)17-18(26)24-10-7-5-6-8-11-24;/h5-17H2,1-4H3,(H,21,22);1H. The maximum absolute atomic E-state index is 12.6. The van der Waals surface area contributed by atoms with Crippen molar-refractivity contribution in [1.29, 1.82) is 0 Å². The van der Waals surface area contributed by atoms with E-state index in [4.69, 9.17) is 0 Å². The van der Waals surface area contributed by atoms with Crippen LogP contribution in [0.1, 0.15) is 46.5 Å². The van der Waals surface area contributed by atoms with E-state index >= 15 is 0 Å². The van der Waals surface area contributed by atoms with Crippen LogP contribution < -0.4 is 5.32 Å². The fourth-order valence-corrected chi connectivity index (χ4v) is 4.52. The van der Waals surface area contributed by atoms with E-state index in [2.05, 4.69) is 25.0 Å². The lowest BCUT2D eigenvalue weighted by Gasteiger charge is -2.37. The first kappa shape index (κ1) is 26.6. The second-order valence-electron chi connectivity index (χ2n) is 8.69. The Bertz CT molecular complexity index is 552. The van der Waals surface area contributed by atoms with Crippen molar-refractivity contribution < 1.29 is 9.00 Å². The topological polar surface area (TPSA) is 68.2 Å². The highest BCUT2D eigenvalue weighted by Crippen LogP contribution is 2.12. The lowest BCUT2D eigenvalue weighted by molar-refractivity contribution is -0.132. The van der Waals surface area contributed by atoms with Gasteiger partial charge in [-0.1, -0.05) is 12.8 Å². The Kier molecular flexibility index (Phi) is 12.0. The minimum absolute atomic E-state index is 0. The summed E-state index contributed by atoms with van der Waals surface area (Å²) in [5.74, 6) is 1.76. The van der Waals surface area contributed by atoms with Crippen molar-refractivity contribution in [2.75, 3.05) is 65.2 Å². The van der Waals surface area contributed by atoms with Crippen LogP contribution in [0.3, 0.4) is 0 Å². The van der Waals surface area contributed by atoms with Crippen molar-refractivity contribution in [3.05, 3.63) is 0 Å². The molecule has 2 rings (SSSR count). The van der Waals surface area contributed by atoms with E-state index in [1.165, 1.54) is 12.8 Å². The molecule has 2 aliphatic rings. The molecule has 2 aliphatic heterocycles. The predicted octanol–water partition coefficient (Wildman–Crippen LogP) is 1.75. The molecule has 0 aliphatic carbocycles. The number of carbonyl (C=O) groups is 1. The maximum Gasteiger partial charge on any atom is 0.236 e. The first-order valence-corrected chi connectivity index (χ1v) is 12.0. The summed E-state index contributed by atoms with van der Waals surface area (Å²) in [6, 6.07) is 0. The van der Waals surface area contributed by atoms with E-state index in [9.17, 15) is 9.00 Å². The Morgan fingerprint density at radius 2 is 1.55 bits per heavy atom. The molecule has 1 amide bonds.